The Balaban J connectivity index is 2.79. The van der Waals surface area contributed by atoms with Crippen molar-refractivity contribution in [2.24, 2.45) is 11.7 Å². The lowest BCUT2D eigenvalue weighted by Gasteiger charge is -2.38. The molecule has 2 N–H and O–H groups in total. The van der Waals surface area contributed by atoms with Crippen LogP contribution in [0.3, 0.4) is 0 Å². The average Bonchev–Trinajstić information content (AvgIpc) is 2.35. The molecular formula is C13H24N2O4. The van der Waals surface area contributed by atoms with Crippen molar-refractivity contribution in [3.63, 3.8) is 0 Å². The largest absolute Gasteiger partial charge is 0.467 e. The molecule has 1 fully saturated rings. The Bertz CT molecular complexity index is 338. The van der Waals surface area contributed by atoms with Gasteiger partial charge in [-0.2, -0.15) is 0 Å². The quantitative estimate of drug-likeness (QED) is 0.762. The van der Waals surface area contributed by atoms with Crippen LogP contribution < -0.4 is 5.73 Å². The fourth-order valence-corrected chi connectivity index (χ4v) is 2.15. The van der Waals surface area contributed by atoms with Crippen molar-refractivity contribution in [2.75, 3.05) is 20.2 Å². The van der Waals surface area contributed by atoms with Crippen LogP contribution in [-0.4, -0.2) is 48.8 Å². The molecule has 0 saturated carbocycles. The van der Waals surface area contributed by atoms with E-state index in [0.29, 0.717) is 19.5 Å². The summed E-state index contributed by atoms with van der Waals surface area (Å²) in [5.41, 5.74) is 5.06. The zero-order valence-corrected chi connectivity index (χ0v) is 12.1. The van der Waals surface area contributed by atoms with E-state index < -0.39 is 23.7 Å². The van der Waals surface area contributed by atoms with Gasteiger partial charge in [-0.1, -0.05) is 0 Å². The first kappa shape index (κ1) is 15.8. The molecule has 0 aromatic rings. The number of piperidine rings is 1. The first-order valence-electron chi connectivity index (χ1n) is 6.56. The molecule has 1 aliphatic rings. The third-order valence-electron chi connectivity index (χ3n) is 3.15. The third-order valence-corrected chi connectivity index (χ3v) is 3.15. The number of rotatable bonds is 2. The molecule has 1 heterocycles. The molecule has 0 bridgehead atoms. The Labute approximate surface area is 114 Å². The maximum absolute atomic E-state index is 12.1. The minimum Gasteiger partial charge on any atom is -0.467 e. The molecule has 1 rings (SSSR count). The summed E-state index contributed by atoms with van der Waals surface area (Å²) in [6.07, 6.45) is 0.837. The first-order chi connectivity index (χ1) is 8.78. The highest BCUT2D eigenvalue weighted by Crippen LogP contribution is 2.25. The summed E-state index contributed by atoms with van der Waals surface area (Å²) < 4.78 is 10.1. The minimum atomic E-state index is -0.595. The van der Waals surface area contributed by atoms with E-state index in [-0.39, 0.29) is 5.92 Å². The smallest absolute Gasteiger partial charge is 0.411 e. The van der Waals surface area contributed by atoms with Crippen molar-refractivity contribution in [3.05, 3.63) is 0 Å². The molecule has 1 saturated heterocycles. The number of carbonyl (C=O) groups excluding carboxylic acids is 2. The molecule has 6 heteroatoms. The molecule has 0 aromatic heterocycles. The topological polar surface area (TPSA) is 81.9 Å². The van der Waals surface area contributed by atoms with Crippen LogP contribution in [0.4, 0.5) is 4.79 Å². The molecule has 19 heavy (non-hydrogen) atoms. The van der Waals surface area contributed by atoms with Gasteiger partial charge in [-0.05, 0) is 46.1 Å². The molecule has 0 spiro atoms. The van der Waals surface area contributed by atoms with Gasteiger partial charge in [0.1, 0.15) is 11.6 Å². The highest BCUT2D eigenvalue weighted by Gasteiger charge is 2.38. The average molecular weight is 272 g/mol. The summed E-state index contributed by atoms with van der Waals surface area (Å²) in [4.78, 5) is 25.3. The van der Waals surface area contributed by atoms with E-state index in [4.69, 9.17) is 15.2 Å². The SMILES string of the molecule is COC(=O)C1CC(CN)CCN1C(=O)OC(C)(C)C. The minimum absolute atomic E-state index is 0.239. The Kier molecular flexibility index (Phi) is 5.17. The van der Waals surface area contributed by atoms with Crippen LogP contribution in [-0.2, 0) is 14.3 Å². The molecule has 110 valence electrons. The maximum atomic E-state index is 12.1. The molecule has 0 aliphatic carbocycles. The molecule has 1 aliphatic heterocycles. The van der Waals surface area contributed by atoms with Crippen molar-refractivity contribution in [2.45, 2.75) is 45.3 Å². The predicted octanol–water partition coefficient (Wildman–Crippen LogP) is 1.13. The summed E-state index contributed by atoms with van der Waals surface area (Å²) in [6, 6.07) is -0.595. The lowest BCUT2D eigenvalue weighted by atomic mass is 9.91. The van der Waals surface area contributed by atoms with Crippen LogP contribution in [0.1, 0.15) is 33.6 Å². The molecular weight excluding hydrogens is 248 g/mol. The van der Waals surface area contributed by atoms with Gasteiger partial charge < -0.3 is 15.2 Å². The number of esters is 1. The van der Waals surface area contributed by atoms with Crippen LogP contribution in [0.5, 0.6) is 0 Å². The second-order valence-electron chi connectivity index (χ2n) is 5.84. The third kappa shape index (κ3) is 4.38. The van der Waals surface area contributed by atoms with Gasteiger partial charge in [0, 0.05) is 6.54 Å². The summed E-state index contributed by atoms with van der Waals surface area (Å²) in [6.45, 7) is 6.37. The van der Waals surface area contributed by atoms with Gasteiger partial charge in [0.2, 0.25) is 0 Å². The van der Waals surface area contributed by atoms with Gasteiger partial charge in [-0.3, -0.25) is 4.90 Å². The molecule has 1 amide bonds. The Morgan fingerprint density at radius 1 is 1.37 bits per heavy atom. The summed E-state index contributed by atoms with van der Waals surface area (Å²) in [5, 5.41) is 0. The van der Waals surface area contributed by atoms with Gasteiger partial charge in [-0.15, -0.1) is 0 Å². The van der Waals surface area contributed by atoms with Crippen molar-refractivity contribution >= 4 is 12.1 Å². The number of hydrogen-bond donors (Lipinski definition) is 1. The van der Waals surface area contributed by atoms with Gasteiger partial charge in [0.25, 0.3) is 0 Å². The zero-order valence-electron chi connectivity index (χ0n) is 12.1. The van der Waals surface area contributed by atoms with Crippen molar-refractivity contribution in [1.82, 2.24) is 4.90 Å². The van der Waals surface area contributed by atoms with Crippen molar-refractivity contribution < 1.29 is 19.1 Å². The number of nitrogens with zero attached hydrogens (tertiary/aromatic N) is 1. The van der Waals surface area contributed by atoms with Crippen LogP contribution in [0.2, 0.25) is 0 Å². The number of ether oxygens (including phenoxy) is 2. The number of amides is 1. The summed E-state index contributed by atoms with van der Waals surface area (Å²) in [7, 11) is 1.32. The van der Waals surface area contributed by atoms with Crippen molar-refractivity contribution in [3.8, 4) is 0 Å². The second kappa shape index (κ2) is 6.23. The van der Waals surface area contributed by atoms with E-state index in [1.54, 1.807) is 20.8 Å². The fraction of sp³-hybridized carbons (Fsp3) is 0.846. The number of methoxy groups -OCH3 is 1. The lowest BCUT2D eigenvalue weighted by molar-refractivity contribution is -0.148. The Morgan fingerprint density at radius 2 is 2.00 bits per heavy atom. The first-order valence-corrected chi connectivity index (χ1v) is 6.56. The Hall–Kier alpha value is -1.30. The second-order valence-corrected chi connectivity index (χ2v) is 5.84. The van der Waals surface area contributed by atoms with E-state index in [1.807, 2.05) is 0 Å². The zero-order chi connectivity index (χ0) is 14.6. The van der Waals surface area contributed by atoms with Gasteiger partial charge in [0.15, 0.2) is 0 Å². The normalized spacial score (nSPS) is 23.9. The van der Waals surface area contributed by atoms with Crippen LogP contribution in [0.25, 0.3) is 0 Å². The molecule has 2 atom stereocenters. The van der Waals surface area contributed by atoms with Crippen molar-refractivity contribution in [1.29, 1.82) is 0 Å². The van der Waals surface area contributed by atoms with Crippen LogP contribution in [0.15, 0.2) is 0 Å². The lowest BCUT2D eigenvalue weighted by Crippen LogP contribution is -2.52. The highest BCUT2D eigenvalue weighted by atomic mass is 16.6. The van der Waals surface area contributed by atoms with E-state index in [2.05, 4.69) is 0 Å². The molecule has 0 aromatic carbocycles. The fourth-order valence-electron chi connectivity index (χ4n) is 2.15. The van der Waals surface area contributed by atoms with E-state index in [9.17, 15) is 9.59 Å². The Morgan fingerprint density at radius 3 is 2.47 bits per heavy atom. The highest BCUT2D eigenvalue weighted by molar-refractivity contribution is 5.81. The van der Waals surface area contributed by atoms with Crippen LogP contribution >= 0.6 is 0 Å². The molecule has 2 unspecified atom stereocenters. The molecule has 0 radical (unpaired) electrons. The number of likely N-dealkylation sites (tertiary alicyclic amines) is 1. The van der Waals surface area contributed by atoms with Gasteiger partial charge in [-0.25, -0.2) is 9.59 Å². The number of hydrogen-bond acceptors (Lipinski definition) is 5. The van der Waals surface area contributed by atoms with E-state index >= 15 is 0 Å². The monoisotopic (exact) mass is 272 g/mol. The summed E-state index contributed by atoms with van der Waals surface area (Å²) in [5.74, 6) is -0.174. The van der Waals surface area contributed by atoms with Gasteiger partial charge in [0.05, 0.1) is 7.11 Å². The van der Waals surface area contributed by atoms with E-state index in [0.717, 1.165) is 6.42 Å². The maximum Gasteiger partial charge on any atom is 0.411 e. The van der Waals surface area contributed by atoms with Crippen LogP contribution in [0, 0.1) is 5.92 Å². The standard InChI is InChI=1S/C13H24N2O4/c1-13(2,3)19-12(17)15-6-5-9(8-14)7-10(15)11(16)18-4/h9-10H,5-8,14H2,1-4H3. The molecule has 6 nitrogen and oxygen atoms in total. The van der Waals surface area contributed by atoms with E-state index in [1.165, 1.54) is 12.0 Å². The summed E-state index contributed by atoms with van der Waals surface area (Å²) >= 11 is 0. The number of carbonyl (C=O) groups is 2. The number of nitrogens with two attached hydrogens (primary N) is 1. The predicted molar refractivity (Wildman–Crippen MR) is 70.5 cm³/mol. The van der Waals surface area contributed by atoms with Gasteiger partial charge >= 0.3 is 12.1 Å².